The Hall–Kier alpha value is -0.810. The van der Waals surface area contributed by atoms with Gasteiger partial charge in [0.2, 0.25) is 0 Å². The maximum absolute atomic E-state index is 11.1. The summed E-state index contributed by atoms with van der Waals surface area (Å²) in [4.78, 5) is 13.6. The normalized spacial score (nSPS) is 27.4. The van der Waals surface area contributed by atoms with E-state index in [1.165, 1.54) is 0 Å². The first-order chi connectivity index (χ1) is 9.38. The predicted octanol–water partition coefficient (Wildman–Crippen LogP) is 2.17. The molecule has 2 saturated heterocycles. The van der Waals surface area contributed by atoms with E-state index in [4.69, 9.17) is 9.84 Å². The van der Waals surface area contributed by atoms with E-state index < -0.39 is 6.09 Å². The van der Waals surface area contributed by atoms with Gasteiger partial charge in [-0.05, 0) is 37.1 Å². The van der Waals surface area contributed by atoms with Gasteiger partial charge in [0, 0.05) is 31.8 Å². The van der Waals surface area contributed by atoms with Crippen molar-refractivity contribution in [2.24, 2.45) is 11.3 Å². The lowest BCUT2D eigenvalue weighted by Gasteiger charge is -2.36. The molecule has 0 aliphatic carbocycles. The van der Waals surface area contributed by atoms with Gasteiger partial charge in [-0.15, -0.1) is 0 Å². The Bertz CT molecular complexity index is 335. The molecule has 2 heterocycles. The first-order valence-electron chi connectivity index (χ1n) is 7.69. The van der Waals surface area contributed by atoms with E-state index >= 15 is 0 Å². The van der Waals surface area contributed by atoms with Crippen LogP contribution >= 0.6 is 0 Å². The molecule has 5 nitrogen and oxygen atoms in total. The van der Waals surface area contributed by atoms with E-state index in [-0.39, 0.29) is 11.5 Å². The Morgan fingerprint density at radius 1 is 1.30 bits per heavy atom. The van der Waals surface area contributed by atoms with Crippen molar-refractivity contribution >= 4 is 6.09 Å². The fraction of sp³-hybridized carbons (Fsp3) is 0.933. The maximum Gasteiger partial charge on any atom is 0.404 e. The Morgan fingerprint density at radius 2 is 1.95 bits per heavy atom. The molecule has 2 aliphatic rings. The summed E-state index contributed by atoms with van der Waals surface area (Å²) in [6.07, 6.45) is 2.40. The fourth-order valence-corrected chi connectivity index (χ4v) is 3.64. The predicted molar refractivity (Wildman–Crippen MR) is 77.9 cm³/mol. The molecule has 116 valence electrons. The maximum atomic E-state index is 11.1. The second-order valence-electron chi connectivity index (χ2n) is 7.18. The zero-order valence-corrected chi connectivity index (χ0v) is 12.9. The number of amides is 1. The molecule has 0 aromatic heterocycles. The van der Waals surface area contributed by atoms with Crippen LogP contribution < -0.4 is 5.32 Å². The summed E-state index contributed by atoms with van der Waals surface area (Å²) in [5.41, 5.74) is -0.0469. The largest absolute Gasteiger partial charge is 0.465 e. The number of ether oxygens (including phenoxy) is 1. The second-order valence-corrected chi connectivity index (χ2v) is 7.18. The van der Waals surface area contributed by atoms with Crippen LogP contribution in [0.1, 0.15) is 40.0 Å². The van der Waals surface area contributed by atoms with Gasteiger partial charge in [0.25, 0.3) is 0 Å². The monoisotopic (exact) mass is 284 g/mol. The number of carbonyl (C=O) groups is 1. The van der Waals surface area contributed by atoms with E-state index in [0.717, 1.165) is 45.6 Å². The number of hydrogen-bond acceptors (Lipinski definition) is 3. The zero-order chi connectivity index (χ0) is 14.8. The summed E-state index contributed by atoms with van der Waals surface area (Å²) in [5, 5.41) is 11.8. The van der Waals surface area contributed by atoms with Crippen molar-refractivity contribution in [3.63, 3.8) is 0 Å². The molecule has 0 aromatic rings. The molecule has 0 spiro atoms. The van der Waals surface area contributed by atoms with Crippen molar-refractivity contribution in [2.45, 2.75) is 52.1 Å². The van der Waals surface area contributed by atoms with Crippen LogP contribution in [0, 0.1) is 11.3 Å². The number of carboxylic acid groups (broad SMARTS) is 1. The van der Waals surface area contributed by atoms with Crippen LogP contribution in [0.4, 0.5) is 4.79 Å². The van der Waals surface area contributed by atoms with E-state index in [0.29, 0.717) is 12.0 Å². The molecule has 5 heteroatoms. The van der Waals surface area contributed by atoms with Crippen LogP contribution in [0.15, 0.2) is 0 Å². The molecule has 0 saturated carbocycles. The summed E-state index contributed by atoms with van der Waals surface area (Å²) < 4.78 is 5.42. The summed E-state index contributed by atoms with van der Waals surface area (Å²) >= 11 is 0. The SMILES string of the molecule is CC(C)(C)[C@@H](NC(=O)O)C1CCN(C2CCOCC2)C1. The van der Waals surface area contributed by atoms with Crippen molar-refractivity contribution in [3.8, 4) is 0 Å². The van der Waals surface area contributed by atoms with Gasteiger partial charge in [0.15, 0.2) is 0 Å². The van der Waals surface area contributed by atoms with Crippen LogP contribution in [0.5, 0.6) is 0 Å². The molecule has 2 atom stereocenters. The number of likely N-dealkylation sites (tertiary alicyclic amines) is 1. The van der Waals surface area contributed by atoms with Gasteiger partial charge in [0.05, 0.1) is 0 Å². The quantitative estimate of drug-likeness (QED) is 0.834. The molecule has 0 bridgehead atoms. The van der Waals surface area contributed by atoms with E-state index in [1.807, 2.05) is 0 Å². The van der Waals surface area contributed by atoms with Gasteiger partial charge in [-0.25, -0.2) is 4.79 Å². The minimum Gasteiger partial charge on any atom is -0.465 e. The highest BCUT2D eigenvalue weighted by Gasteiger charge is 2.39. The molecule has 2 fully saturated rings. The molecule has 0 radical (unpaired) electrons. The Labute approximate surface area is 121 Å². The van der Waals surface area contributed by atoms with Crippen LogP contribution in [-0.4, -0.2) is 54.5 Å². The van der Waals surface area contributed by atoms with Gasteiger partial charge in [-0.1, -0.05) is 20.8 Å². The number of nitrogens with one attached hydrogen (secondary N) is 1. The van der Waals surface area contributed by atoms with Crippen LogP contribution in [-0.2, 0) is 4.74 Å². The van der Waals surface area contributed by atoms with E-state index in [9.17, 15) is 4.79 Å². The van der Waals surface area contributed by atoms with Crippen LogP contribution in [0.3, 0.4) is 0 Å². The molecular formula is C15H28N2O3. The van der Waals surface area contributed by atoms with Gasteiger partial charge in [-0.3, -0.25) is 4.90 Å². The molecule has 0 aromatic carbocycles. The molecule has 2 N–H and O–H groups in total. The lowest BCUT2D eigenvalue weighted by atomic mass is 9.78. The van der Waals surface area contributed by atoms with Crippen molar-refractivity contribution in [2.75, 3.05) is 26.3 Å². The van der Waals surface area contributed by atoms with E-state index in [1.54, 1.807) is 0 Å². The molecule has 1 amide bonds. The minimum absolute atomic E-state index is 0.0184. The number of rotatable bonds is 3. The van der Waals surface area contributed by atoms with Crippen molar-refractivity contribution in [1.82, 2.24) is 10.2 Å². The molecule has 2 aliphatic heterocycles. The Kier molecular flexibility index (Phi) is 4.91. The van der Waals surface area contributed by atoms with Crippen molar-refractivity contribution in [3.05, 3.63) is 0 Å². The standard InChI is InChI=1S/C15H28N2O3/c1-15(2,3)13(16-14(18)19)11-4-7-17(10-11)12-5-8-20-9-6-12/h11-13,16H,4-10H2,1-3H3,(H,18,19)/t11?,13-/m0/s1. The summed E-state index contributed by atoms with van der Waals surface area (Å²) in [5.74, 6) is 0.411. The highest BCUT2D eigenvalue weighted by Crippen LogP contribution is 2.33. The third-order valence-electron chi connectivity index (χ3n) is 4.65. The smallest absolute Gasteiger partial charge is 0.404 e. The zero-order valence-electron chi connectivity index (χ0n) is 12.9. The number of nitrogens with zero attached hydrogens (tertiary/aromatic N) is 1. The lowest BCUT2D eigenvalue weighted by molar-refractivity contribution is 0.0395. The first kappa shape index (κ1) is 15.6. The topological polar surface area (TPSA) is 61.8 Å². The third-order valence-corrected chi connectivity index (χ3v) is 4.65. The highest BCUT2D eigenvalue weighted by molar-refractivity contribution is 5.65. The lowest BCUT2D eigenvalue weighted by Crippen LogP contribution is -2.49. The summed E-state index contributed by atoms with van der Waals surface area (Å²) in [6, 6.07) is 0.643. The van der Waals surface area contributed by atoms with Gasteiger partial charge in [-0.2, -0.15) is 0 Å². The van der Waals surface area contributed by atoms with Gasteiger partial charge in [0.1, 0.15) is 0 Å². The average molecular weight is 284 g/mol. The van der Waals surface area contributed by atoms with Gasteiger partial charge >= 0.3 is 6.09 Å². The minimum atomic E-state index is -0.908. The Morgan fingerprint density at radius 3 is 2.50 bits per heavy atom. The van der Waals surface area contributed by atoms with Gasteiger partial charge < -0.3 is 15.2 Å². The second kappa shape index (κ2) is 6.31. The summed E-state index contributed by atoms with van der Waals surface area (Å²) in [7, 11) is 0. The molecular weight excluding hydrogens is 256 g/mol. The van der Waals surface area contributed by atoms with Crippen molar-refractivity contribution < 1.29 is 14.6 Å². The molecule has 2 rings (SSSR count). The van der Waals surface area contributed by atoms with E-state index in [2.05, 4.69) is 31.0 Å². The van der Waals surface area contributed by atoms with Crippen LogP contribution in [0.25, 0.3) is 0 Å². The third kappa shape index (κ3) is 3.85. The molecule has 1 unspecified atom stereocenters. The first-order valence-corrected chi connectivity index (χ1v) is 7.69. The molecule has 20 heavy (non-hydrogen) atoms. The average Bonchev–Trinajstić information content (AvgIpc) is 2.84. The fourth-order valence-electron chi connectivity index (χ4n) is 3.64. The summed E-state index contributed by atoms with van der Waals surface area (Å²) in [6.45, 7) is 10.2. The highest BCUT2D eigenvalue weighted by atomic mass is 16.5. The number of hydrogen-bond donors (Lipinski definition) is 2. The van der Waals surface area contributed by atoms with Crippen LogP contribution in [0.2, 0.25) is 0 Å². The van der Waals surface area contributed by atoms with Crippen molar-refractivity contribution in [1.29, 1.82) is 0 Å². The Balaban J connectivity index is 1.96.